The Morgan fingerprint density at radius 3 is 3.00 bits per heavy atom. The summed E-state index contributed by atoms with van der Waals surface area (Å²) in [5, 5.41) is 0. The molecule has 3 N–H and O–H groups in total. The number of primary amides is 1. The van der Waals surface area contributed by atoms with Crippen molar-refractivity contribution in [3.63, 3.8) is 0 Å². The lowest BCUT2D eigenvalue weighted by atomic mass is 10.2. The highest BCUT2D eigenvalue weighted by Crippen LogP contribution is 2.11. The van der Waals surface area contributed by atoms with Crippen molar-refractivity contribution in [3.05, 3.63) is 34.3 Å². The second-order valence-electron chi connectivity index (χ2n) is 2.84. The van der Waals surface area contributed by atoms with Gasteiger partial charge in [-0.1, -0.05) is 5.92 Å². The minimum Gasteiger partial charge on any atom is -0.408 e. The lowest BCUT2D eigenvalue weighted by molar-refractivity contribution is -0.112. The predicted molar refractivity (Wildman–Crippen MR) is 52.9 cm³/mol. The Hall–Kier alpha value is -2.48. The van der Waals surface area contributed by atoms with Gasteiger partial charge < -0.3 is 10.2 Å². The highest BCUT2D eigenvalue weighted by atomic mass is 16.4. The van der Waals surface area contributed by atoms with Gasteiger partial charge in [0.15, 0.2) is 5.58 Å². The number of nitrogens with one attached hydrogen (secondary N) is 1. The van der Waals surface area contributed by atoms with E-state index >= 15 is 0 Å². The normalized spacial score (nSPS) is 9.60. The van der Waals surface area contributed by atoms with E-state index < -0.39 is 11.7 Å². The van der Waals surface area contributed by atoms with E-state index in [2.05, 4.69) is 16.8 Å². The zero-order valence-electron chi connectivity index (χ0n) is 7.53. The van der Waals surface area contributed by atoms with Crippen LogP contribution in [0.4, 0.5) is 0 Å². The summed E-state index contributed by atoms with van der Waals surface area (Å²) in [4.78, 5) is 23.7. The predicted octanol–water partition coefficient (Wildman–Crippen LogP) is -0.0421. The van der Waals surface area contributed by atoms with Crippen LogP contribution in [0.3, 0.4) is 0 Å². The van der Waals surface area contributed by atoms with Crippen LogP contribution in [0.15, 0.2) is 27.4 Å². The molecular weight excluding hydrogens is 196 g/mol. The lowest BCUT2D eigenvalue weighted by Gasteiger charge is -1.88. The molecule has 1 aromatic heterocycles. The molecule has 5 nitrogen and oxygen atoms in total. The maximum Gasteiger partial charge on any atom is 0.417 e. The first-order chi connectivity index (χ1) is 7.15. The SMILES string of the molecule is NC(=O)C#Cc1ccc2[nH]c(=O)oc2c1. The van der Waals surface area contributed by atoms with Crippen LogP contribution in [0.25, 0.3) is 11.1 Å². The Morgan fingerprint density at radius 1 is 1.47 bits per heavy atom. The molecular formula is C10H6N2O3. The topological polar surface area (TPSA) is 89.1 Å². The van der Waals surface area contributed by atoms with Crippen molar-refractivity contribution in [2.24, 2.45) is 5.73 Å². The average molecular weight is 202 g/mol. The monoisotopic (exact) mass is 202 g/mol. The molecule has 2 aromatic rings. The molecule has 0 aliphatic rings. The molecule has 0 saturated carbocycles. The van der Waals surface area contributed by atoms with Crippen LogP contribution in [0.5, 0.6) is 0 Å². The van der Waals surface area contributed by atoms with E-state index in [4.69, 9.17) is 10.2 Å². The fraction of sp³-hybridized carbons (Fsp3) is 0. The van der Waals surface area contributed by atoms with Gasteiger partial charge in [-0.15, -0.1) is 0 Å². The molecule has 0 bridgehead atoms. The fourth-order valence-corrected chi connectivity index (χ4v) is 1.16. The number of carbonyl (C=O) groups excluding carboxylic acids is 1. The maximum atomic E-state index is 10.8. The molecule has 0 saturated heterocycles. The molecule has 0 unspecified atom stereocenters. The Kier molecular flexibility index (Phi) is 2.03. The Balaban J connectivity index is 2.52. The molecule has 1 amide bonds. The van der Waals surface area contributed by atoms with Gasteiger partial charge in [-0.2, -0.15) is 0 Å². The molecule has 5 heteroatoms. The van der Waals surface area contributed by atoms with Gasteiger partial charge in [0.1, 0.15) is 0 Å². The molecule has 74 valence electrons. The number of aromatic nitrogens is 1. The minimum absolute atomic E-state index is 0.399. The van der Waals surface area contributed by atoms with Crippen LogP contribution in [-0.4, -0.2) is 10.9 Å². The number of benzene rings is 1. The second kappa shape index (κ2) is 3.35. The molecule has 0 atom stereocenters. The van der Waals surface area contributed by atoms with E-state index in [0.717, 1.165) is 0 Å². The third-order valence-corrected chi connectivity index (χ3v) is 1.75. The van der Waals surface area contributed by atoms with Crippen LogP contribution in [0, 0.1) is 11.8 Å². The molecule has 1 aromatic carbocycles. The summed E-state index contributed by atoms with van der Waals surface area (Å²) in [6, 6.07) is 4.86. The van der Waals surface area contributed by atoms with E-state index in [-0.39, 0.29) is 0 Å². The molecule has 1 heterocycles. The van der Waals surface area contributed by atoms with Gasteiger partial charge in [-0.3, -0.25) is 9.78 Å². The number of amides is 1. The lowest BCUT2D eigenvalue weighted by Crippen LogP contribution is -2.06. The molecule has 0 radical (unpaired) electrons. The van der Waals surface area contributed by atoms with Gasteiger partial charge >= 0.3 is 5.76 Å². The first-order valence-corrected chi connectivity index (χ1v) is 4.09. The largest absolute Gasteiger partial charge is 0.417 e. The minimum atomic E-state index is -0.703. The van der Waals surface area contributed by atoms with E-state index in [1.54, 1.807) is 18.2 Å². The first-order valence-electron chi connectivity index (χ1n) is 4.09. The zero-order valence-corrected chi connectivity index (χ0v) is 7.53. The van der Waals surface area contributed by atoms with Gasteiger partial charge in [-0.25, -0.2) is 4.79 Å². The average Bonchev–Trinajstić information content (AvgIpc) is 2.53. The summed E-state index contributed by atoms with van der Waals surface area (Å²) >= 11 is 0. The number of rotatable bonds is 0. The quantitative estimate of drug-likeness (QED) is 0.587. The number of aromatic amines is 1. The molecule has 2 rings (SSSR count). The number of fused-ring (bicyclic) bond motifs is 1. The van der Waals surface area contributed by atoms with Gasteiger partial charge in [0.2, 0.25) is 0 Å². The number of nitrogens with two attached hydrogens (primary N) is 1. The van der Waals surface area contributed by atoms with Crippen molar-refractivity contribution in [3.8, 4) is 11.8 Å². The number of oxazole rings is 1. The second-order valence-corrected chi connectivity index (χ2v) is 2.84. The van der Waals surface area contributed by atoms with Crippen molar-refractivity contribution in [2.45, 2.75) is 0 Å². The number of hydrogen-bond donors (Lipinski definition) is 2. The fourth-order valence-electron chi connectivity index (χ4n) is 1.16. The maximum absolute atomic E-state index is 10.8. The summed E-state index contributed by atoms with van der Waals surface area (Å²) in [5.41, 5.74) is 6.41. The molecule has 0 aliphatic carbocycles. The van der Waals surface area contributed by atoms with Crippen molar-refractivity contribution in [1.29, 1.82) is 0 Å². The number of carbonyl (C=O) groups is 1. The first kappa shape index (κ1) is 9.09. The summed E-state index contributed by atoms with van der Waals surface area (Å²) in [6.07, 6.45) is 0. The van der Waals surface area contributed by atoms with Crippen molar-refractivity contribution < 1.29 is 9.21 Å². The Labute approximate surface area is 83.9 Å². The molecule has 0 spiro atoms. The van der Waals surface area contributed by atoms with E-state index in [0.29, 0.717) is 16.7 Å². The van der Waals surface area contributed by atoms with Crippen LogP contribution < -0.4 is 11.5 Å². The van der Waals surface area contributed by atoms with E-state index in [1.165, 1.54) is 0 Å². The van der Waals surface area contributed by atoms with Crippen LogP contribution in [0.2, 0.25) is 0 Å². The summed E-state index contributed by atoms with van der Waals surface area (Å²) in [6.45, 7) is 0. The number of hydrogen-bond acceptors (Lipinski definition) is 3. The Morgan fingerprint density at radius 2 is 2.27 bits per heavy atom. The summed E-state index contributed by atoms with van der Waals surface area (Å²) in [5.74, 6) is 3.51. The standard InChI is InChI=1S/C10H6N2O3/c11-9(13)4-2-6-1-3-7-8(5-6)15-10(14)12-7/h1,3,5H,(H2,11,13)(H,12,14). The highest BCUT2D eigenvalue weighted by Gasteiger charge is 2.00. The molecule has 15 heavy (non-hydrogen) atoms. The summed E-state index contributed by atoms with van der Waals surface area (Å²) < 4.78 is 4.82. The number of H-pyrrole nitrogens is 1. The van der Waals surface area contributed by atoms with Crippen LogP contribution in [-0.2, 0) is 4.79 Å². The zero-order chi connectivity index (χ0) is 10.8. The van der Waals surface area contributed by atoms with E-state index in [9.17, 15) is 9.59 Å². The van der Waals surface area contributed by atoms with Gasteiger partial charge in [0, 0.05) is 5.56 Å². The third-order valence-electron chi connectivity index (χ3n) is 1.75. The molecule has 0 aliphatic heterocycles. The van der Waals surface area contributed by atoms with Gasteiger partial charge in [0.25, 0.3) is 5.91 Å². The van der Waals surface area contributed by atoms with Crippen LogP contribution >= 0.6 is 0 Å². The third kappa shape index (κ3) is 1.89. The van der Waals surface area contributed by atoms with Crippen molar-refractivity contribution in [1.82, 2.24) is 4.98 Å². The molecule has 0 fully saturated rings. The van der Waals surface area contributed by atoms with Gasteiger partial charge in [-0.05, 0) is 24.1 Å². The highest BCUT2D eigenvalue weighted by molar-refractivity contribution is 5.92. The smallest absolute Gasteiger partial charge is 0.408 e. The van der Waals surface area contributed by atoms with Crippen LogP contribution in [0.1, 0.15) is 5.56 Å². The van der Waals surface area contributed by atoms with Crippen molar-refractivity contribution >= 4 is 17.0 Å². The Bertz CT molecular complexity index is 640. The van der Waals surface area contributed by atoms with Crippen molar-refractivity contribution in [2.75, 3.05) is 0 Å². The van der Waals surface area contributed by atoms with E-state index in [1.807, 2.05) is 0 Å². The van der Waals surface area contributed by atoms with Gasteiger partial charge in [0.05, 0.1) is 5.52 Å². The summed E-state index contributed by atoms with van der Waals surface area (Å²) in [7, 11) is 0.